The molecular formula is C15H23N3. The van der Waals surface area contributed by atoms with Crippen LogP contribution >= 0.6 is 0 Å². The molecule has 0 radical (unpaired) electrons. The van der Waals surface area contributed by atoms with E-state index in [4.69, 9.17) is 0 Å². The third-order valence-corrected chi connectivity index (χ3v) is 3.17. The molecule has 0 bridgehead atoms. The van der Waals surface area contributed by atoms with E-state index < -0.39 is 0 Å². The summed E-state index contributed by atoms with van der Waals surface area (Å²) in [6, 6.07) is 4.92. The van der Waals surface area contributed by atoms with E-state index in [1.807, 2.05) is 18.3 Å². The number of anilines is 1. The van der Waals surface area contributed by atoms with Gasteiger partial charge in [0, 0.05) is 37.4 Å². The zero-order chi connectivity index (χ0) is 12.8. The molecule has 1 aromatic rings. The van der Waals surface area contributed by atoms with E-state index in [1.165, 1.54) is 18.4 Å². The molecular weight excluding hydrogens is 222 g/mol. The molecule has 0 amide bonds. The Morgan fingerprint density at radius 1 is 1.56 bits per heavy atom. The maximum atomic E-state index is 4.55. The fourth-order valence-electron chi connectivity index (χ4n) is 2.10. The molecule has 3 heteroatoms. The van der Waals surface area contributed by atoms with Gasteiger partial charge in [-0.1, -0.05) is 19.1 Å². The van der Waals surface area contributed by atoms with Crippen molar-refractivity contribution in [2.24, 2.45) is 0 Å². The molecule has 0 aromatic carbocycles. The van der Waals surface area contributed by atoms with Gasteiger partial charge in [0.2, 0.25) is 0 Å². The van der Waals surface area contributed by atoms with Crippen molar-refractivity contribution in [2.75, 3.05) is 18.0 Å². The fraction of sp³-hybridized carbons (Fsp3) is 0.533. The number of rotatable bonds is 8. The van der Waals surface area contributed by atoms with Crippen LogP contribution in [0.3, 0.4) is 0 Å². The van der Waals surface area contributed by atoms with E-state index in [2.05, 4.69) is 34.8 Å². The lowest BCUT2D eigenvalue weighted by molar-refractivity contribution is 0.680. The van der Waals surface area contributed by atoms with E-state index in [0.29, 0.717) is 0 Å². The number of nitrogens with zero attached hydrogens (tertiary/aromatic N) is 2. The zero-order valence-electron chi connectivity index (χ0n) is 11.2. The predicted octanol–water partition coefficient (Wildman–Crippen LogP) is 2.74. The van der Waals surface area contributed by atoms with Gasteiger partial charge in [0.25, 0.3) is 0 Å². The maximum absolute atomic E-state index is 4.55. The van der Waals surface area contributed by atoms with Crippen LogP contribution in [0.25, 0.3) is 0 Å². The second kappa shape index (κ2) is 6.55. The lowest BCUT2D eigenvalue weighted by Crippen LogP contribution is -2.27. The molecule has 3 nitrogen and oxygen atoms in total. The molecule has 18 heavy (non-hydrogen) atoms. The fourth-order valence-corrected chi connectivity index (χ4v) is 2.10. The van der Waals surface area contributed by atoms with Gasteiger partial charge in [-0.05, 0) is 25.3 Å². The van der Waals surface area contributed by atoms with E-state index in [1.54, 1.807) is 0 Å². The Balaban J connectivity index is 2.09. The van der Waals surface area contributed by atoms with Crippen LogP contribution in [0.4, 0.5) is 5.82 Å². The first-order valence-corrected chi connectivity index (χ1v) is 6.88. The third kappa shape index (κ3) is 3.57. The summed E-state index contributed by atoms with van der Waals surface area (Å²) < 4.78 is 0. The van der Waals surface area contributed by atoms with Gasteiger partial charge < -0.3 is 10.2 Å². The molecule has 1 N–H and O–H groups in total. The minimum absolute atomic E-state index is 0.733. The van der Waals surface area contributed by atoms with Crippen molar-refractivity contribution in [3.8, 4) is 0 Å². The molecule has 2 rings (SSSR count). The highest BCUT2D eigenvalue weighted by atomic mass is 15.2. The Labute approximate surface area is 110 Å². The van der Waals surface area contributed by atoms with Crippen LogP contribution in [-0.2, 0) is 6.54 Å². The summed E-state index contributed by atoms with van der Waals surface area (Å²) >= 11 is 0. The second-order valence-corrected chi connectivity index (χ2v) is 4.88. The summed E-state index contributed by atoms with van der Waals surface area (Å²) in [6.07, 6.45) is 7.59. The number of nitrogens with one attached hydrogen (secondary N) is 1. The van der Waals surface area contributed by atoms with Crippen LogP contribution in [0, 0.1) is 0 Å². The molecule has 98 valence electrons. The molecule has 1 saturated carbocycles. The quantitative estimate of drug-likeness (QED) is 0.714. The van der Waals surface area contributed by atoms with Crippen molar-refractivity contribution < 1.29 is 0 Å². The average molecular weight is 245 g/mol. The SMILES string of the molecule is C=CCN(CCC)c1ncccc1CNC1CC1. The number of aromatic nitrogens is 1. The van der Waals surface area contributed by atoms with Crippen LogP contribution in [-0.4, -0.2) is 24.1 Å². The summed E-state index contributed by atoms with van der Waals surface area (Å²) in [5.74, 6) is 1.10. The Morgan fingerprint density at radius 2 is 2.39 bits per heavy atom. The van der Waals surface area contributed by atoms with E-state index in [9.17, 15) is 0 Å². The molecule has 1 aliphatic carbocycles. The summed E-state index contributed by atoms with van der Waals surface area (Å²) in [5.41, 5.74) is 1.29. The summed E-state index contributed by atoms with van der Waals surface area (Å²) in [4.78, 5) is 6.86. The average Bonchev–Trinajstić information content (AvgIpc) is 3.21. The van der Waals surface area contributed by atoms with Crippen LogP contribution < -0.4 is 10.2 Å². The van der Waals surface area contributed by atoms with Gasteiger partial charge in [-0.25, -0.2) is 4.98 Å². The van der Waals surface area contributed by atoms with Crippen molar-refractivity contribution in [1.29, 1.82) is 0 Å². The topological polar surface area (TPSA) is 28.2 Å². The minimum Gasteiger partial charge on any atom is -0.353 e. The van der Waals surface area contributed by atoms with Crippen molar-refractivity contribution in [3.63, 3.8) is 0 Å². The van der Waals surface area contributed by atoms with Crippen LogP contribution in [0.2, 0.25) is 0 Å². The first-order chi connectivity index (χ1) is 8.85. The van der Waals surface area contributed by atoms with E-state index >= 15 is 0 Å². The Hall–Kier alpha value is -1.35. The minimum atomic E-state index is 0.733. The molecule has 0 aliphatic heterocycles. The van der Waals surface area contributed by atoms with Crippen LogP contribution in [0.15, 0.2) is 31.0 Å². The highest BCUT2D eigenvalue weighted by Gasteiger charge is 2.21. The van der Waals surface area contributed by atoms with Gasteiger partial charge in [-0.3, -0.25) is 0 Å². The van der Waals surface area contributed by atoms with Gasteiger partial charge in [-0.15, -0.1) is 6.58 Å². The molecule has 0 atom stereocenters. The Kier molecular flexibility index (Phi) is 4.76. The Bertz CT molecular complexity index is 385. The molecule has 1 fully saturated rings. The van der Waals surface area contributed by atoms with Gasteiger partial charge in [0.15, 0.2) is 0 Å². The molecule has 0 saturated heterocycles. The lowest BCUT2D eigenvalue weighted by Gasteiger charge is -2.24. The first kappa shape index (κ1) is 13.1. The van der Waals surface area contributed by atoms with E-state index in [-0.39, 0.29) is 0 Å². The van der Waals surface area contributed by atoms with E-state index in [0.717, 1.165) is 37.9 Å². The summed E-state index contributed by atoms with van der Waals surface area (Å²) in [5, 5.41) is 3.56. The number of hydrogen-bond donors (Lipinski definition) is 1. The normalized spacial score (nSPS) is 14.5. The number of hydrogen-bond acceptors (Lipinski definition) is 3. The molecule has 0 unspecified atom stereocenters. The van der Waals surface area contributed by atoms with Crippen molar-refractivity contribution >= 4 is 5.82 Å². The smallest absolute Gasteiger partial charge is 0.133 e. The van der Waals surface area contributed by atoms with Crippen LogP contribution in [0.5, 0.6) is 0 Å². The van der Waals surface area contributed by atoms with Crippen molar-refractivity contribution in [1.82, 2.24) is 10.3 Å². The molecule has 1 heterocycles. The van der Waals surface area contributed by atoms with Crippen LogP contribution in [0.1, 0.15) is 31.7 Å². The molecule has 1 aromatic heterocycles. The predicted molar refractivity (Wildman–Crippen MR) is 76.8 cm³/mol. The Morgan fingerprint density at radius 3 is 3.06 bits per heavy atom. The zero-order valence-corrected chi connectivity index (χ0v) is 11.2. The highest BCUT2D eigenvalue weighted by Crippen LogP contribution is 2.22. The van der Waals surface area contributed by atoms with Crippen molar-refractivity contribution in [2.45, 2.75) is 38.8 Å². The first-order valence-electron chi connectivity index (χ1n) is 6.88. The second-order valence-electron chi connectivity index (χ2n) is 4.88. The standard InChI is InChI=1S/C15H23N3/c1-3-10-18(11-4-2)15-13(6-5-9-16-15)12-17-14-7-8-14/h3,5-6,9,14,17H,1,4,7-8,10-12H2,2H3. The molecule has 1 aliphatic rings. The van der Waals surface area contributed by atoms with Gasteiger partial charge >= 0.3 is 0 Å². The maximum Gasteiger partial charge on any atom is 0.133 e. The molecule has 0 spiro atoms. The summed E-state index contributed by atoms with van der Waals surface area (Å²) in [7, 11) is 0. The van der Waals surface area contributed by atoms with Gasteiger partial charge in [0.05, 0.1) is 0 Å². The van der Waals surface area contributed by atoms with Gasteiger partial charge in [-0.2, -0.15) is 0 Å². The van der Waals surface area contributed by atoms with Crippen molar-refractivity contribution in [3.05, 3.63) is 36.5 Å². The lowest BCUT2D eigenvalue weighted by atomic mass is 10.2. The van der Waals surface area contributed by atoms with Gasteiger partial charge in [0.1, 0.15) is 5.82 Å². The monoisotopic (exact) mass is 245 g/mol. The largest absolute Gasteiger partial charge is 0.353 e. The number of pyridine rings is 1. The highest BCUT2D eigenvalue weighted by molar-refractivity contribution is 5.47. The third-order valence-electron chi connectivity index (χ3n) is 3.17. The summed E-state index contributed by atoms with van der Waals surface area (Å²) in [6.45, 7) is 8.84.